The van der Waals surface area contributed by atoms with Crippen LogP contribution in [0.25, 0.3) is 0 Å². The number of para-hydroxylation sites is 1. The molecule has 0 saturated heterocycles. The lowest BCUT2D eigenvalue weighted by Crippen LogP contribution is -2.00. The molecule has 0 N–H and O–H groups in total. The minimum Gasteiger partial charge on any atom is -0.493 e. The predicted octanol–water partition coefficient (Wildman–Crippen LogP) is 3.79. The average molecular weight is 320 g/mol. The zero-order valence-electron chi connectivity index (χ0n) is 12.7. The number of ether oxygens (including phenoxy) is 1. The zero-order chi connectivity index (χ0) is 15.6. The summed E-state index contributed by atoms with van der Waals surface area (Å²) in [5.41, 5.74) is 0.577. The molecule has 6 heteroatoms. The van der Waals surface area contributed by atoms with Gasteiger partial charge in [-0.05, 0) is 25.0 Å². The van der Waals surface area contributed by atoms with Crippen LogP contribution in [0.5, 0.6) is 5.75 Å². The van der Waals surface area contributed by atoms with Crippen molar-refractivity contribution in [3.63, 3.8) is 0 Å². The molecule has 0 aliphatic carbocycles. The number of benzene rings is 1. The Kier molecular flexibility index (Phi) is 6.96. The van der Waals surface area contributed by atoms with Gasteiger partial charge in [-0.1, -0.05) is 37.2 Å². The highest BCUT2D eigenvalue weighted by atomic mass is 32.2. The van der Waals surface area contributed by atoms with Gasteiger partial charge in [0.15, 0.2) is 6.29 Å². The minimum absolute atomic E-state index is 0.550. The first-order chi connectivity index (χ1) is 10.8. The number of carbonyl (C=O) groups is 1. The first-order valence-corrected chi connectivity index (χ1v) is 8.44. The minimum atomic E-state index is 0.550. The number of aldehydes is 1. The van der Waals surface area contributed by atoms with Crippen molar-refractivity contribution in [2.24, 2.45) is 0 Å². The Morgan fingerprint density at radius 1 is 1.27 bits per heavy atom. The van der Waals surface area contributed by atoms with Gasteiger partial charge >= 0.3 is 0 Å². The normalized spacial score (nSPS) is 10.6. The number of unbranched alkanes of at least 4 members (excludes halogenated alkanes) is 1. The fourth-order valence-corrected chi connectivity index (χ4v) is 2.53. The Balaban J connectivity index is 1.67. The molecule has 0 fully saturated rings. The molecule has 2 rings (SSSR count). The molecule has 0 atom stereocenters. The van der Waals surface area contributed by atoms with Crippen LogP contribution in [0, 0.1) is 0 Å². The van der Waals surface area contributed by atoms with E-state index in [0.717, 1.165) is 37.7 Å². The molecule has 0 bridgehead atoms. The molecule has 0 radical (unpaired) electrons. The molecule has 0 aliphatic rings. The summed E-state index contributed by atoms with van der Waals surface area (Å²) in [7, 11) is 0. The van der Waals surface area contributed by atoms with Crippen molar-refractivity contribution in [2.75, 3.05) is 12.4 Å². The molecule has 1 heterocycles. The second-order valence-electron chi connectivity index (χ2n) is 4.77. The molecule has 0 amide bonds. The first kappa shape index (κ1) is 16.5. The molecule has 1 aromatic carbocycles. The van der Waals surface area contributed by atoms with Gasteiger partial charge in [-0.2, -0.15) is 0 Å². The third-order valence-corrected chi connectivity index (χ3v) is 3.91. The van der Waals surface area contributed by atoms with Gasteiger partial charge in [-0.15, -0.1) is 10.2 Å². The molecule has 1 aromatic heterocycles. The van der Waals surface area contributed by atoms with Gasteiger partial charge in [0, 0.05) is 12.2 Å². The fraction of sp³-hybridized carbons (Fsp3) is 0.438. The monoisotopic (exact) mass is 320 g/mol. The van der Waals surface area contributed by atoms with Crippen LogP contribution in [-0.4, -0.2) is 28.8 Å². The summed E-state index contributed by atoms with van der Waals surface area (Å²) in [4.78, 5) is 10.9. The Morgan fingerprint density at radius 2 is 2.14 bits per heavy atom. The second kappa shape index (κ2) is 9.25. The highest BCUT2D eigenvalue weighted by Crippen LogP contribution is 2.19. The standard InChI is InChI=1S/C16H20N2O3S/c1-2-3-9-15-17-18-16(21-15)22-11-6-10-20-14-8-5-4-7-13(14)12-19/h4-5,7-8,12H,2-3,6,9-11H2,1H3. The van der Waals surface area contributed by atoms with E-state index in [2.05, 4.69) is 17.1 Å². The molecule has 118 valence electrons. The maximum atomic E-state index is 10.9. The summed E-state index contributed by atoms with van der Waals surface area (Å²) >= 11 is 1.53. The molecule has 2 aromatic rings. The van der Waals surface area contributed by atoms with Crippen molar-refractivity contribution in [1.29, 1.82) is 0 Å². The van der Waals surface area contributed by atoms with Gasteiger partial charge in [0.05, 0.1) is 12.2 Å². The van der Waals surface area contributed by atoms with E-state index in [1.807, 2.05) is 12.1 Å². The quantitative estimate of drug-likeness (QED) is 0.377. The lowest BCUT2D eigenvalue weighted by Gasteiger charge is -2.07. The van der Waals surface area contributed by atoms with Crippen LogP contribution in [0.4, 0.5) is 0 Å². The smallest absolute Gasteiger partial charge is 0.276 e. The van der Waals surface area contributed by atoms with E-state index in [0.29, 0.717) is 29.0 Å². The number of aromatic nitrogens is 2. The van der Waals surface area contributed by atoms with Gasteiger partial charge < -0.3 is 9.15 Å². The molecular formula is C16H20N2O3S. The van der Waals surface area contributed by atoms with E-state index in [-0.39, 0.29) is 0 Å². The lowest BCUT2D eigenvalue weighted by molar-refractivity contribution is 0.111. The van der Waals surface area contributed by atoms with Crippen LogP contribution < -0.4 is 4.74 Å². The number of aryl methyl sites for hydroxylation is 1. The zero-order valence-corrected chi connectivity index (χ0v) is 13.5. The van der Waals surface area contributed by atoms with Gasteiger partial charge in [-0.3, -0.25) is 4.79 Å². The molecule has 0 unspecified atom stereocenters. The third kappa shape index (κ3) is 5.18. The van der Waals surface area contributed by atoms with E-state index in [9.17, 15) is 4.79 Å². The van der Waals surface area contributed by atoms with Crippen LogP contribution in [0.1, 0.15) is 42.4 Å². The van der Waals surface area contributed by atoms with E-state index >= 15 is 0 Å². The molecule has 0 saturated carbocycles. The van der Waals surface area contributed by atoms with E-state index in [1.165, 1.54) is 11.8 Å². The van der Waals surface area contributed by atoms with Crippen molar-refractivity contribution in [2.45, 2.75) is 37.8 Å². The number of rotatable bonds is 10. The number of hydrogen-bond donors (Lipinski definition) is 0. The number of hydrogen-bond acceptors (Lipinski definition) is 6. The van der Waals surface area contributed by atoms with Crippen molar-refractivity contribution < 1.29 is 13.9 Å². The molecule has 0 spiro atoms. The third-order valence-electron chi connectivity index (χ3n) is 3.01. The topological polar surface area (TPSA) is 65.2 Å². The van der Waals surface area contributed by atoms with Crippen LogP contribution in [0.3, 0.4) is 0 Å². The summed E-state index contributed by atoms with van der Waals surface area (Å²) in [6.45, 7) is 2.68. The SMILES string of the molecule is CCCCc1nnc(SCCCOc2ccccc2C=O)o1. The van der Waals surface area contributed by atoms with E-state index in [4.69, 9.17) is 9.15 Å². The van der Waals surface area contributed by atoms with Crippen molar-refractivity contribution >= 4 is 18.0 Å². The van der Waals surface area contributed by atoms with E-state index < -0.39 is 0 Å². The van der Waals surface area contributed by atoms with Gasteiger partial charge in [-0.25, -0.2) is 0 Å². The van der Waals surface area contributed by atoms with E-state index in [1.54, 1.807) is 12.1 Å². The lowest BCUT2D eigenvalue weighted by atomic mass is 10.2. The fourth-order valence-electron chi connectivity index (χ4n) is 1.84. The Hall–Kier alpha value is -1.82. The van der Waals surface area contributed by atoms with Crippen LogP contribution in [0.15, 0.2) is 33.9 Å². The summed E-state index contributed by atoms with van der Waals surface area (Å²) in [5.74, 6) is 2.17. The average Bonchev–Trinajstić information content (AvgIpc) is 3.00. The van der Waals surface area contributed by atoms with Gasteiger partial charge in [0.25, 0.3) is 5.22 Å². The Morgan fingerprint density at radius 3 is 2.95 bits per heavy atom. The van der Waals surface area contributed by atoms with Crippen LogP contribution in [0.2, 0.25) is 0 Å². The highest BCUT2D eigenvalue weighted by Gasteiger charge is 2.06. The van der Waals surface area contributed by atoms with Crippen molar-refractivity contribution in [1.82, 2.24) is 10.2 Å². The molecule has 22 heavy (non-hydrogen) atoms. The molecule has 5 nitrogen and oxygen atoms in total. The molecule has 0 aliphatic heterocycles. The largest absolute Gasteiger partial charge is 0.493 e. The summed E-state index contributed by atoms with van der Waals surface area (Å²) in [6, 6.07) is 7.22. The Bertz CT molecular complexity index is 586. The maximum absolute atomic E-state index is 10.9. The number of thioether (sulfide) groups is 1. The molecular weight excluding hydrogens is 300 g/mol. The van der Waals surface area contributed by atoms with Gasteiger partial charge in [0.1, 0.15) is 5.75 Å². The number of nitrogens with zero attached hydrogens (tertiary/aromatic N) is 2. The van der Waals surface area contributed by atoms with Crippen LogP contribution >= 0.6 is 11.8 Å². The predicted molar refractivity (Wildman–Crippen MR) is 85.6 cm³/mol. The van der Waals surface area contributed by atoms with Crippen molar-refractivity contribution in [3.05, 3.63) is 35.7 Å². The summed E-state index contributed by atoms with van der Waals surface area (Å²) < 4.78 is 11.2. The summed E-state index contributed by atoms with van der Waals surface area (Å²) in [6.07, 6.45) is 4.67. The summed E-state index contributed by atoms with van der Waals surface area (Å²) in [5, 5.41) is 8.64. The second-order valence-corrected chi connectivity index (χ2v) is 5.82. The highest BCUT2D eigenvalue weighted by molar-refractivity contribution is 7.99. The Labute approximate surface area is 134 Å². The maximum Gasteiger partial charge on any atom is 0.276 e. The first-order valence-electron chi connectivity index (χ1n) is 7.45. The number of carbonyl (C=O) groups excluding carboxylic acids is 1. The van der Waals surface area contributed by atoms with Crippen molar-refractivity contribution in [3.8, 4) is 5.75 Å². The van der Waals surface area contributed by atoms with Crippen LogP contribution in [-0.2, 0) is 6.42 Å². The van der Waals surface area contributed by atoms with Gasteiger partial charge in [0.2, 0.25) is 5.89 Å².